The molecule has 134 valence electrons. The number of likely N-dealkylation sites (tertiary alicyclic amines) is 1. The van der Waals surface area contributed by atoms with E-state index in [0.29, 0.717) is 30.2 Å². The van der Waals surface area contributed by atoms with Gasteiger partial charge >= 0.3 is 6.09 Å². The second-order valence-electron chi connectivity index (χ2n) is 7.89. The van der Waals surface area contributed by atoms with E-state index in [0.717, 1.165) is 32.4 Å². The molecule has 24 heavy (non-hydrogen) atoms. The van der Waals surface area contributed by atoms with Crippen molar-refractivity contribution >= 4 is 6.09 Å². The number of aryl methyl sites for hydroxylation is 1. The predicted molar refractivity (Wildman–Crippen MR) is 88.3 cm³/mol. The van der Waals surface area contributed by atoms with Crippen molar-refractivity contribution in [3.05, 3.63) is 11.8 Å². The van der Waals surface area contributed by atoms with E-state index in [1.54, 1.807) is 0 Å². The van der Waals surface area contributed by atoms with Crippen LogP contribution in [-0.4, -0.2) is 45.9 Å². The van der Waals surface area contributed by atoms with Gasteiger partial charge in [0.2, 0.25) is 11.8 Å². The van der Waals surface area contributed by atoms with Gasteiger partial charge < -0.3 is 14.5 Å². The summed E-state index contributed by atoms with van der Waals surface area (Å²) in [4.78, 5) is 14.4. The second-order valence-corrected chi connectivity index (χ2v) is 7.89. The van der Waals surface area contributed by atoms with Crippen LogP contribution in [0.2, 0.25) is 0 Å². The zero-order valence-electron chi connectivity index (χ0n) is 15.0. The smallest absolute Gasteiger partial charge is 0.407 e. The molecule has 2 heterocycles. The van der Waals surface area contributed by atoms with Gasteiger partial charge in [-0.15, -0.1) is 10.2 Å². The van der Waals surface area contributed by atoms with Crippen LogP contribution in [0.25, 0.3) is 0 Å². The van der Waals surface area contributed by atoms with Crippen molar-refractivity contribution in [3.63, 3.8) is 0 Å². The number of ether oxygens (including phenoxy) is 1. The Morgan fingerprint density at radius 2 is 2.04 bits per heavy atom. The molecule has 1 saturated carbocycles. The number of carbonyl (C=O) groups excluding carboxylic acids is 1. The molecule has 1 aliphatic heterocycles. The highest BCUT2D eigenvalue weighted by atomic mass is 16.6. The largest absolute Gasteiger partial charge is 0.444 e. The zero-order valence-corrected chi connectivity index (χ0v) is 15.0. The normalized spacial score (nSPS) is 27.2. The molecule has 0 unspecified atom stereocenters. The standard InChI is InChI=1S/C17H28N4O3/c1-5-14-19-20-15(23-14)10-21-8-11-6-7-13(12(11)9-21)18-16(22)24-17(2,3)4/h11-13H,5-10H2,1-4H3,(H,18,22)/t11-,12-,13-/m0/s1. The Bertz CT molecular complexity index is 581. The molecule has 1 saturated heterocycles. The van der Waals surface area contributed by atoms with E-state index in [4.69, 9.17) is 9.15 Å². The lowest BCUT2D eigenvalue weighted by Gasteiger charge is -2.24. The van der Waals surface area contributed by atoms with Crippen LogP contribution in [0.4, 0.5) is 4.79 Å². The van der Waals surface area contributed by atoms with Crippen molar-refractivity contribution in [1.82, 2.24) is 20.4 Å². The van der Waals surface area contributed by atoms with Gasteiger partial charge in [-0.1, -0.05) is 6.92 Å². The van der Waals surface area contributed by atoms with Crippen LogP contribution in [0, 0.1) is 11.8 Å². The van der Waals surface area contributed by atoms with Crippen molar-refractivity contribution in [2.24, 2.45) is 11.8 Å². The number of nitrogens with zero attached hydrogens (tertiary/aromatic N) is 3. The molecule has 0 aromatic carbocycles. The summed E-state index contributed by atoms with van der Waals surface area (Å²) in [5, 5.41) is 11.2. The first-order valence-corrected chi connectivity index (χ1v) is 8.87. The summed E-state index contributed by atoms with van der Waals surface area (Å²) in [5.74, 6) is 2.47. The summed E-state index contributed by atoms with van der Waals surface area (Å²) in [6, 6.07) is 0.198. The molecule has 0 spiro atoms. The minimum atomic E-state index is -0.460. The summed E-state index contributed by atoms with van der Waals surface area (Å²) >= 11 is 0. The molecular formula is C17H28N4O3. The van der Waals surface area contributed by atoms with Crippen molar-refractivity contribution in [2.75, 3.05) is 13.1 Å². The topological polar surface area (TPSA) is 80.5 Å². The van der Waals surface area contributed by atoms with Crippen LogP contribution in [-0.2, 0) is 17.7 Å². The fourth-order valence-electron chi connectivity index (χ4n) is 3.81. The van der Waals surface area contributed by atoms with E-state index in [1.807, 2.05) is 27.7 Å². The van der Waals surface area contributed by atoms with Crippen LogP contribution >= 0.6 is 0 Å². The number of alkyl carbamates (subject to hydrolysis) is 1. The molecule has 0 bridgehead atoms. The zero-order chi connectivity index (χ0) is 17.3. The predicted octanol–water partition coefficient (Wildman–Crippen LogP) is 2.37. The molecule has 3 rings (SSSR count). The van der Waals surface area contributed by atoms with Gasteiger partial charge in [0.1, 0.15) is 5.60 Å². The minimum Gasteiger partial charge on any atom is -0.444 e. The van der Waals surface area contributed by atoms with E-state index >= 15 is 0 Å². The maximum absolute atomic E-state index is 12.0. The van der Waals surface area contributed by atoms with Crippen LogP contribution < -0.4 is 5.32 Å². The Morgan fingerprint density at radius 1 is 1.29 bits per heavy atom. The Kier molecular flexibility index (Phi) is 4.80. The van der Waals surface area contributed by atoms with Gasteiger partial charge in [0, 0.05) is 25.6 Å². The number of aromatic nitrogens is 2. The van der Waals surface area contributed by atoms with E-state index in [9.17, 15) is 4.79 Å². The second kappa shape index (κ2) is 6.70. The third-order valence-corrected chi connectivity index (χ3v) is 4.80. The number of carbonyl (C=O) groups is 1. The fraction of sp³-hybridized carbons (Fsp3) is 0.824. The maximum atomic E-state index is 12.0. The van der Waals surface area contributed by atoms with Crippen LogP contribution in [0.1, 0.15) is 52.3 Å². The van der Waals surface area contributed by atoms with E-state index in [-0.39, 0.29) is 12.1 Å². The number of rotatable bonds is 4. The molecule has 1 aromatic heterocycles. The Balaban J connectivity index is 1.53. The monoisotopic (exact) mass is 336 g/mol. The first kappa shape index (κ1) is 17.2. The Hall–Kier alpha value is -1.63. The summed E-state index contributed by atoms with van der Waals surface area (Å²) in [7, 11) is 0. The van der Waals surface area contributed by atoms with Crippen molar-refractivity contribution in [1.29, 1.82) is 0 Å². The summed E-state index contributed by atoms with van der Waals surface area (Å²) in [5.41, 5.74) is -0.460. The highest BCUT2D eigenvalue weighted by molar-refractivity contribution is 5.68. The first-order valence-electron chi connectivity index (χ1n) is 8.87. The van der Waals surface area contributed by atoms with Crippen LogP contribution in [0.3, 0.4) is 0 Å². The lowest BCUT2D eigenvalue weighted by Crippen LogP contribution is -2.42. The molecule has 1 amide bonds. The number of nitrogens with one attached hydrogen (secondary N) is 1. The van der Waals surface area contributed by atoms with E-state index < -0.39 is 5.60 Å². The molecule has 3 atom stereocenters. The number of hydrogen-bond acceptors (Lipinski definition) is 6. The molecule has 7 nitrogen and oxygen atoms in total. The average molecular weight is 336 g/mol. The highest BCUT2D eigenvalue weighted by Crippen LogP contribution is 2.38. The molecular weight excluding hydrogens is 308 g/mol. The average Bonchev–Trinajstić information content (AvgIpc) is 3.15. The quantitative estimate of drug-likeness (QED) is 0.909. The summed E-state index contributed by atoms with van der Waals surface area (Å²) in [6.07, 6.45) is 2.63. The highest BCUT2D eigenvalue weighted by Gasteiger charge is 2.43. The van der Waals surface area contributed by atoms with E-state index in [1.165, 1.54) is 0 Å². The molecule has 7 heteroatoms. The summed E-state index contributed by atoms with van der Waals surface area (Å²) in [6.45, 7) is 10.3. The van der Waals surface area contributed by atoms with Gasteiger partial charge in [-0.3, -0.25) is 4.90 Å². The number of fused-ring (bicyclic) bond motifs is 1. The van der Waals surface area contributed by atoms with Crippen molar-refractivity contribution < 1.29 is 13.9 Å². The minimum absolute atomic E-state index is 0.198. The fourth-order valence-corrected chi connectivity index (χ4v) is 3.81. The molecule has 1 aliphatic carbocycles. The Morgan fingerprint density at radius 3 is 2.71 bits per heavy atom. The molecule has 1 aromatic rings. The molecule has 1 N–H and O–H groups in total. The number of hydrogen-bond donors (Lipinski definition) is 1. The van der Waals surface area contributed by atoms with Gasteiger partial charge in [0.05, 0.1) is 6.54 Å². The Labute approximate surface area is 143 Å². The van der Waals surface area contributed by atoms with Crippen LogP contribution in [0.5, 0.6) is 0 Å². The lowest BCUT2D eigenvalue weighted by atomic mass is 9.98. The van der Waals surface area contributed by atoms with Crippen molar-refractivity contribution in [3.8, 4) is 0 Å². The molecule has 2 aliphatic rings. The van der Waals surface area contributed by atoms with Gasteiger partial charge in [-0.25, -0.2) is 4.79 Å². The van der Waals surface area contributed by atoms with Gasteiger partial charge in [0.15, 0.2) is 0 Å². The first-order chi connectivity index (χ1) is 11.3. The van der Waals surface area contributed by atoms with E-state index in [2.05, 4.69) is 20.4 Å². The third-order valence-electron chi connectivity index (χ3n) is 4.80. The SMILES string of the molecule is CCc1nnc(CN2C[C@@H]3CC[C@H](NC(=O)OC(C)(C)C)[C@H]3C2)o1. The van der Waals surface area contributed by atoms with Crippen molar-refractivity contribution in [2.45, 2.75) is 65.1 Å². The lowest BCUT2D eigenvalue weighted by molar-refractivity contribution is 0.0491. The molecule has 0 radical (unpaired) electrons. The number of amides is 1. The molecule has 2 fully saturated rings. The van der Waals surface area contributed by atoms with Gasteiger partial charge in [-0.05, 0) is 45.4 Å². The van der Waals surface area contributed by atoms with Gasteiger partial charge in [-0.2, -0.15) is 0 Å². The van der Waals surface area contributed by atoms with Gasteiger partial charge in [0.25, 0.3) is 0 Å². The summed E-state index contributed by atoms with van der Waals surface area (Å²) < 4.78 is 11.0. The maximum Gasteiger partial charge on any atom is 0.407 e. The van der Waals surface area contributed by atoms with Crippen LogP contribution in [0.15, 0.2) is 4.42 Å². The third kappa shape index (κ3) is 4.06.